The van der Waals surface area contributed by atoms with Gasteiger partial charge in [-0.2, -0.15) is 0 Å². The number of benzene rings is 1. The number of hydrogen-bond donors (Lipinski definition) is 2. The number of rotatable bonds is 7. The summed E-state index contributed by atoms with van der Waals surface area (Å²) in [4.78, 5) is 30.0. The van der Waals surface area contributed by atoms with E-state index >= 15 is 0 Å². The fraction of sp³-hybridized carbons (Fsp3) is 0.133. The van der Waals surface area contributed by atoms with Crippen LogP contribution >= 0.6 is 0 Å². The maximum atomic E-state index is 11.7. The van der Waals surface area contributed by atoms with Crippen molar-refractivity contribution >= 4 is 23.6 Å². The molecular formula is C15H15N5O3. The number of nitrogens with one attached hydrogen (secondary N) is 2. The van der Waals surface area contributed by atoms with Gasteiger partial charge in [-0.15, -0.1) is 0 Å². The van der Waals surface area contributed by atoms with Crippen molar-refractivity contribution in [1.29, 1.82) is 0 Å². The molecule has 2 rings (SSSR count). The van der Waals surface area contributed by atoms with Crippen molar-refractivity contribution in [3.63, 3.8) is 0 Å². The minimum atomic E-state index is -0.485. The number of nitrogens with zero attached hydrogens (tertiary/aromatic N) is 3. The normalized spacial score (nSPS) is 10.4. The zero-order valence-corrected chi connectivity index (χ0v) is 12.2. The lowest BCUT2D eigenvalue weighted by atomic mass is 10.1. The molecule has 0 aliphatic heterocycles. The van der Waals surface area contributed by atoms with Gasteiger partial charge in [-0.25, -0.2) is 9.97 Å². The first kappa shape index (κ1) is 16.1. The summed E-state index contributed by atoms with van der Waals surface area (Å²) >= 11 is 0. The number of para-hydroxylation sites is 1. The van der Waals surface area contributed by atoms with Gasteiger partial charge in [0.1, 0.15) is 0 Å². The Balaban J connectivity index is 1.80. The van der Waals surface area contributed by atoms with E-state index in [0.29, 0.717) is 24.6 Å². The third-order valence-electron chi connectivity index (χ3n) is 2.82. The summed E-state index contributed by atoms with van der Waals surface area (Å²) < 4.78 is 0. The Morgan fingerprint density at radius 2 is 1.91 bits per heavy atom. The van der Waals surface area contributed by atoms with Gasteiger partial charge in [-0.1, -0.05) is 12.1 Å². The molecule has 0 saturated carbocycles. The van der Waals surface area contributed by atoms with Crippen LogP contribution in [0.1, 0.15) is 5.56 Å². The van der Waals surface area contributed by atoms with Crippen molar-refractivity contribution in [3.05, 3.63) is 64.5 Å². The van der Waals surface area contributed by atoms with Crippen LogP contribution in [0.4, 0.5) is 11.6 Å². The second kappa shape index (κ2) is 8.23. The summed E-state index contributed by atoms with van der Waals surface area (Å²) in [5, 5.41) is 16.5. The topological polar surface area (TPSA) is 110 Å². The molecule has 0 spiro atoms. The van der Waals surface area contributed by atoms with Gasteiger partial charge < -0.3 is 10.6 Å². The molecule has 0 unspecified atom stereocenters. The molecule has 2 N–H and O–H groups in total. The first-order chi connectivity index (χ1) is 11.2. The number of carbonyl (C=O) groups excluding carboxylic acids is 1. The Hall–Kier alpha value is -3.29. The average Bonchev–Trinajstić information content (AvgIpc) is 2.58. The van der Waals surface area contributed by atoms with Crippen LogP contribution in [0.5, 0.6) is 0 Å². The van der Waals surface area contributed by atoms with Gasteiger partial charge in [-0.05, 0) is 18.2 Å². The predicted octanol–water partition coefficient (Wildman–Crippen LogP) is 1.63. The van der Waals surface area contributed by atoms with Crippen LogP contribution < -0.4 is 10.6 Å². The predicted molar refractivity (Wildman–Crippen MR) is 85.7 cm³/mol. The average molecular weight is 313 g/mol. The molecule has 1 aromatic carbocycles. The lowest BCUT2D eigenvalue weighted by Crippen LogP contribution is -2.27. The number of aromatic nitrogens is 2. The SMILES string of the molecule is O=C(C=Cc1ccccc1[N+](=O)[O-])NCCNc1ncccn1. The number of nitro groups is 1. The van der Waals surface area contributed by atoms with Gasteiger partial charge in [0, 0.05) is 37.6 Å². The molecule has 1 heterocycles. The molecular weight excluding hydrogens is 298 g/mol. The van der Waals surface area contributed by atoms with E-state index in [1.807, 2.05) is 0 Å². The van der Waals surface area contributed by atoms with E-state index in [1.165, 1.54) is 18.2 Å². The molecule has 0 bridgehead atoms. The van der Waals surface area contributed by atoms with Crippen molar-refractivity contribution in [1.82, 2.24) is 15.3 Å². The highest BCUT2D eigenvalue weighted by molar-refractivity contribution is 5.92. The lowest BCUT2D eigenvalue weighted by Gasteiger charge is -2.04. The first-order valence-corrected chi connectivity index (χ1v) is 6.87. The maximum absolute atomic E-state index is 11.7. The van der Waals surface area contributed by atoms with E-state index < -0.39 is 4.92 Å². The van der Waals surface area contributed by atoms with Crippen LogP contribution in [0.2, 0.25) is 0 Å². The third kappa shape index (κ3) is 5.20. The number of amides is 1. The summed E-state index contributed by atoms with van der Waals surface area (Å²) in [6, 6.07) is 7.93. The molecule has 23 heavy (non-hydrogen) atoms. The van der Waals surface area contributed by atoms with Crippen molar-refractivity contribution < 1.29 is 9.72 Å². The summed E-state index contributed by atoms with van der Waals surface area (Å²) in [6.45, 7) is 0.841. The standard InChI is InChI=1S/C15H15N5O3/c21-14(16-10-11-19-15-17-8-3-9-18-15)7-6-12-4-1-2-5-13(12)20(22)23/h1-9H,10-11H2,(H,16,21)(H,17,18,19). The highest BCUT2D eigenvalue weighted by Crippen LogP contribution is 2.18. The molecule has 118 valence electrons. The van der Waals surface area contributed by atoms with Gasteiger partial charge >= 0.3 is 0 Å². The lowest BCUT2D eigenvalue weighted by molar-refractivity contribution is -0.385. The number of carbonyl (C=O) groups is 1. The fourth-order valence-electron chi connectivity index (χ4n) is 1.77. The smallest absolute Gasteiger partial charge is 0.276 e. The van der Waals surface area contributed by atoms with Crippen LogP contribution in [0.15, 0.2) is 48.8 Å². The minimum absolute atomic E-state index is 0.0422. The zero-order chi connectivity index (χ0) is 16.5. The van der Waals surface area contributed by atoms with Crippen LogP contribution in [0.25, 0.3) is 6.08 Å². The second-order valence-electron chi connectivity index (χ2n) is 4.44. The van der Waals surface area contributed by atoms with Gasteiger partial charge in [0.25, 0.3) is 5.69 Å². The Bertz CT molecular complexity index is 703. The zero-order valence-electron chi connectivity index (χ0n) is 12.2. The van der Waals surface area contributed by atoms with Crippen molar-refractivity contribution in [2.24, 2.45) is 0 Å². The van der Waals surface area contributed by atoms with Crippen LogP contribution in [0, 0.1) is 10.1 Å². The molecule has 8 heteroatoms. The molecule has 0 aliphatic rings. The first-order valence-electron chi connectivity index (χ1n) is 6.87. The van der Waals surface area contributed by atoms with Crippen molar-refractivity contribution in [2.75, 3.05) is 18.4 Å². The fourth-order valence-corrected chi connectivity index (χ4v) is 1.77. The highest BCUT2D eigenvalue weighted by Gasteiger charge is 2.09. The summed E-state index contributed by atoms with van der Waals surface area (Å²) in [7, 11) is 0. The molecule has 0 saturated heterocycles. The van der Waals surface area contributed by atoms with Crippen LogP contribution in [-0.4, -0.2) is 33.9 Å². The van der Waals surface area contributed by atoms with E-state index in [2.05, 4.69) is 20.6 Å². The maximum Gasteiger partial charge on any atom is 0.276 e. The Labute approximate surface area is 132 Å². The van der Waals surface area contributed by atoms with Gasteiger partial charge in [0.15, 0.2) is 0 Å². The Morgan fingerprint density at radius 1 is 1.17 bits per heavy atom. The quantitative estimate of drug-likeness (QED) is 0.348. The highest BCUT2D eigenvalue weighted by atomic mass is 16.6. The van der Waals surface area contributed by atoms with E-state index in [4.69, 9.17) is 0 Å². The summed E-state index contributed by atoms with van der Waals surface area (Å²) in [5.41, 5.74) is 0.336. The van der Waals surface area contributed by atoms with Gasteiger partial charge in [-0.3, -0.25) is 14.9 Å². The monoisotopic (exact) mass is 313 g/mol. The molecule has 0 atom stereocenters. The van der Waals surface area contributed by atoms with Crippen molar-refractivity contribution in [2.45, 2.75) is 0 Å². The van der Waals surface area contributed by atoms with Gasteiger partial charge in [0.2, 0.25) is 11.9 Å². The summed E-state index contributed by atoms with van der Waals surface area (Å²) in [6.07, 6.45) is 5.91. The van der Waals surface area contributed by atoms with Crippen molar-refractivity contribution in [3.8, 4) is 0 Å². The van der Waals surface area contributed by atoms with E-state index in [1.54, 1.807) is 36.7 Å². The number of hydrogen-bond acceptors (Lipinski definition) is 6. The molecule has 2 aromatic rings. The molecule has 1 aromatic heterocycles. The third-order valence-corrected chi connectivity index (χ3v) is 2.82. The van der Waals surface area contributed by atoms with E-state index in [-0.39, 0.29) is 11.6 Å². The minimum Gasteiger partial charge on any atom is -0.352 e. The largest absolute Gasteiger partial charge is 0.352 e. The summed E-state index contributed by atoms with van der Waals surface area (Å²) in [5.74, 6) is 0.149. The van der Waals surface area contributed by atoms with Crippen LogP contribution in [0.3, 0.4) is 0 Å². The van der Waals surface area contributed by atoms with Crippen LogP contribution in [-0.2, 0) is 4.79 Å². The number of nitro benzene ring substituents is 1. The Morgan fingerprint density at radius 3 is 2.65 bits per heavy atom. The van der Waals surface area contributed by atoms with E-state index in [0.717, 1.165) is 0 Å². The van der Waals surface area contributed by atoms with E-state index in [9.17, 15) is 14.9 Å². The Kier molecular flexibility index (Phi) is 5.75. The molecule has 1 amide bonds. The number of anilines is 1. The molecule has 0 aliphatic carbocycles. The molecule has 0 radical (unpaired) electrons. The molecule has 0 fully saturated rings. The second-order valence-corrected chi connectivity index (χ2v) is 4.44. The van der Waals surface area contributed by atoms with Gasteiger partial charge in [0.05, 0.1) is 10.5 Å². The molecule has 8 nitrogen and oxygen atoms in total.